The highest BCUT2D eigenvalue weighted by Crippen LogP contribution is 2.23. The molecule has 0 atom stereocenters. The van der Waals surface area contributed by atoms with Gasteiger partial charge in [-0.25, -0.2) is 8.78 Å². The average Bonchev–Trinajstić information content (AvgIpc) is 2.70. The number of hydrogen-bond acceptors (Lipinski definition) is 2. The lowest BCUT2D eigenvalue weighted by atomic mass is 10.1. The van der Waals surface area contributed by atoms with Gasteiger partial charge < -0.3 is 10.6 Å². The molecule has 1 saturated carbocycles. The van der Waals surface area contributed by atoms with Gasteiger partial charge in [0.25, 0.3) is 0 Å². The van der Waals surface area contributed by atoms with E-state index in [1.807, 2.05) is 0 Å². The van der Waals surface area contributed by atoms with Crippen molar-refractivity contribution >= 4 is 27.5 Å². The maximum atomic E-state index is 13.6. The van der Waals surface area contributed by atoms with Crippen molar-refractivity contribution in [3.8, 4) is 0 Å². The first-order valence-corrected chi connectivity index (χ1v) is 8.03. The number of amides is 1. The molecule has 1 amide bonds. The van der Waals surface area contributed by atoms with Crippen LogP contribution in [0.3, 0.4) is 0 Å². The predicted octanol–water partition coefficient (Wildman–Crippen LogP) is 3.98. The van der Waals surface area contributed by atoms with Crippen LogP contribution in [0.4, 0.5) is 14.5 Å². The molecule has 1 fully saturated rings. The lowest BCUT2D eigenvalue weighted by Gasteiger charge is -2.16. The summed E-state index contributed by atoms with van der Waals surface area (Å²) in [6.07, 6.45) is 6.68. The topological polar surface area (TPSA) is 41.1 Å². The van der Waals surface area contributed by atoms with Gasteiger partial charge in [0, 0.05) is 12.1 Å². The van der Waals surface area contributed by atoms with Crippen LogP contribution < -0.4 is 10.6 Å². The van der Waals surface area contributed by atoms with Gasteiger partial charge in [0.2, 0.25) is 5.91 Å². The number of hydrogen-bond donors (Lipinski definition) is 2. The van der Waals surface area contributed by atoms with E-state index in [2.05, 4.69) is 26.6 Å². The fraction of sp³-hybridized carbons (Fsp3) is 0.533. The second-order valence-electron chi connectivity index (χ2n) is 5.36. The Kier molecular flexibility index (Phi) is 5.96. The molecular weight excluding hydrogens is 342 g/mol. The molecule has 0 saturated heterocycles. The third kappa shape index (κ3) is 4.95. The smallest absolute Gasteiger partial charge is 0.239 e. The minimum Gasteiger partial charge on any atom is -0.374 e. The molecule has 1 aromatic carbocycles. The number of carbonyl (C=O) groups is 1. The van der Waals surface area contributed by atoms with Gasteiger partial charge >= 0.3 is 0 Å². The van der Waals surface area contributed by atoms with Crippen LogP contribution in [0.25, 0.3) is 0 Å². The quantitative estimate of drug-likeness (QED) is 0.629. The summed E-state index contributed by atoms with van der Waals surface area (Å²) in [7, 11) is 0. The zero-order valence-corrected chi connectivity index (χ0v) is 13.3. The van der Waals surface area contributed by atoms with Gasteiger partial charge in [-0.05, 0) is 34.8 Å². The van der Waals surface area contributed by atoms with E-state index < -0.39 is 11.6 Å². The SMILES string of the molecule is O=C(CNc1cc(F)c(Br)cc1F)NC1CCCCCC1. The molecule has 1 aliphatic rings. The van der Waals surface area contributed by atoms with Crippen molar-refractivity contribution in [2.45, 2.75) is 44.6 Å². The summed E-state index contributed by atoms with van der Waals surface area (Å²) in [5.41, 5.74) is -0.00767. The summed E-state index contributed by atoms with van der Waals surface area (Å²) >= 11 is 2.91. The lowest BCUT2D eigenvalue weighted by molar-refractivity contribution is -0.120. The van der Waals surface area contributed by atoms with Gasteiger partial charge in [0.05, 0.1) is 16.7 Å². The Balaban J connectivity index is 1.84. The van der Waals surface area contributed by atoms with E-state index in [0.717, 1.165) is 37.8 Å². The minimum atomic E-state index is -0.592. The summed E-state index contributed by atoms with van der Waals surface area (Å²) in [6, 6.07) is 2.28. The zero-order chi connectivity index (χ0) is 15.2. The fourth-order valence-electron chi connectivity index (χ4n) is 2.54. The molecule has 0 aromatic heterocycles. The van der Waals surface area contributed by atoms with Gasteiger partial charge in [-0.15, -0.1) is 0 Å². The molecule has 0 spiro atoms. The Bertz CT molecular complexity index is 503. The van der Waals surface area contributed by atoms with Crippen molar-refractivity contribution in [3.05, 3.63) is 28.2 Å². The predicted molar refractivity (Wildman–Crippen MR) is 82.2 cm³/mol. The largest absolute Gasteiger partial charge is 0.374 e. The Morgan fingerprint density at radius 3 is 2.48 bits per heavy atom. The fourth-order valence-corrected chi connectivity index (χ4v) is 2.85. The summed E-state index contributed by atoms with van der Waals surface area (Å²) < 4.78 is 27.0. The molecule has 0 radical (unpaired) electrons. The van der Waals surface area contributed by atoms with Crippen LogP contribution in [0, 0.1) is 11.6 Å². The second-order valence-corrected chi connectivity index (χ2v) is 6.21. The molecule has 0 heterocycles. The van der Waals surface area contributed by atoms with Gasteiger partial charge in [-0.2, -0.15) is 0 Å². The number of halogens is 3. The van der Waals surface area contributed by atoms with Crippen LogP contribution >= 0.6 is 15.9 Å². The molecule has 1 aromatic rings. The van der Waals surface area contributed by atoms with Crippen LogP contribution in [-0.2, 0) is 4.79 Å². The monoisotopic (exact) mass is 360 g/mol. The van der Waals surface area contributed by atoms with E-state index in [1.54, 1.807) is 0 Å². The van der Waals surface area contributed by atoms with Crippen LogP contribution in [0.15, 0.2) is 16.6 Å². The average molecular weight is 361 g/mol. The van der Waals surface area contributed by atoms with Crippen molar-refractivity contribution in [1.29, 1.82) is 0 Å². The van der Waals surface area contributed by atoms with Crippen molar-refractivity contribution < 1.29 is 13.6 Å². The molecule has 3 nitrogen and oxygen atoms in total. The Morgan fingerprint density at radius 1 is 1.14 bits per heavy atom. The summed E-state index contributed by atoms with van der Waals surface area (Å²) in [5, 5.41) is 5.59. The van der Waals surface area contributed by atoms with Gasteiger partial charge in [-0.1, -0.05) is 25.7 Å². The van der Waals surface area contributed by atoms with Crippen LogP contribution in [0.5, 0.6) is 0 Å². The van der Waals surface area contributed by atoms with Crippen molar-refractivity contribution in [2.24, 2.45) is 0 Å². The molecule has 116 valence electrons. The molecular formula is C15H19BrF2N2O. The molecule has 2 N–H and O–H groups in total. The maximum Gasteiger partial charge on any atom is 0.239 e. The number of nitrogens with one attached hydrogen (secondary N) is 2. The van der Waals surface area contributed by atoms with Crippen molar-refractivity contribution in [3.63, 3.8) is 0 Å². The number of carbonyl (C=O) groups excluding carboxylic acids is 1. The van der Waals surface area contributed by atoms with Crippen molar-refractivity contribution in [2.75, 3.05) is 11.9 Å². The summed E-state index contributed by atoms with van der Waals surface area (Å²) in [5.74, 6) is -1.35. The third-order valence-corrected chi connectivity index (χ3v) is 4.28. The molecule has 21 heavy (non-hydrogen) atoms. The Hall–Kier alpha value is -1.17. The summed E-state index contributed by atoms with van der Waals surface area (Å²) in [4.78, 5) is 11.9. The number of anilines is 1. The first-order chi connectivity index (χ1) is 10.1. The van der Waals surface area contributed by atoms with E-state index in [4.69, 9.17) is 0 Å². The van der Waals surface area contributed by atoms with Gasteiger partial charge in [0.1, 0.15) is 11.6 Å². The number of rotatable bonds is 4. The zero-order valence-electron chi connectivity index (χ0n) is 11.7. The van der Waals surface area contributed by atoms with Crippen LogP contribution in [0.2, 0.25) is 0 Å². The maximum absolute atomic E-state index is 13.6. The number of benzene rings is 1. The highest BCUT2D eigenvalue weighted by atomic mass is 79.9. The molecule has 0 aliphatic heterocycles. The van der Waals surface area contributed by atoms with E-state index in [-0.39, 0.29) is 28.7 Å². The minimum absolute atomic E-state index is 0.00767. The molecule has 0 bridgehead atoms. The Morgan fingerprint density at radius 2 is 1.81 bits per heavy atom. The molecule has 0 unspecified atom stereocenters. The van der Waals surface area contributed by atoms with Gasteiger partial charge in [-0.3, -0.25) is 4.79 Å². The van der Waals surface area contributed by atoms with E-state index >= 15 is 0 Å². The highest BCUT2D eigenvalue weighted by Gasteiger charge is 2.15. The molecule has 2 rings (SSSR count). The Labute approximate surface area is 131 Å². The van der Waals surface area contributed by atoms with Crippen LogP contribution in [0.1, 0.15) is 38.5 Å². The summed E-state index contributed by atoms with van der Waals surface area (Å²) in [6.45, 7) is -0.0610. The third-order valence-electron chi connectivity index (χ3n) is 3.67. The van der Waals surface area contributed by atoms with E-state index in [0.29, 0.717) is 0 Å². The molecule has 6 heteroatoms. The van der Waals surface area contributed by atoms with Gasteiger partial charge in [0.15, 0.2) is 0 Å². The first-order valence-electron chi connectivity index (χ1n) is 7.24. The first kappa shape index (κ1) is 16.2. The van der Waals surface area contributed by atoms with E-state index in [9.17, 15) is 13.6 Å². The normalized spacial score (nSPS) is 16.3. The lowest BCUT2D eigenvalue weighted by Crippen LogP contribution is -2.38. The molecule has 1 aliphatic carbocycles. The van der Waals surface area contributed by atoms with Crippen LogP contribution in [-0.4, -0.2) is 18.5 Å². The second kappa shape index (κ2) is 7.73. The standard InChI is InChI=1S/C15H19BrF2N2O/c16-11-7-13(18)14(8-12(11)17)19-9-15(21)20-10-5-3-1-2-4-6-10/h7-8,10,19H,1-6,9H2,(H,20,21). The van der Waals surface area contributed by atoms with E-state index in [1.165, 1.54) is 12.8 Å². The van der Waals surface area contributed by atoms with Crippen molar-refractivity contribution in [1.82, 2.24) is 5.32 Å². The highest BCUT2D eigenvalue weighted by molar-refractivity contribution is 9.10.